The average Bonchev–Trinajstić information content (AvgIpc) is 2.98. The van der Waals surface area contributed by atoms with E-state index < -0.39 is 52.0 Å². The lowest BCUT2D eigenvalue weighted by atomic mass is 9.81. The Balaban J connectivity index is 1.43. The summed E-state index contributed by atoms with van der Waals surface area (Å²) in [5.74, 6) is -2.83. The lowest BCUT2D eigenvalue weighted by Gasteiger charge is -2.32. The number of phenolic OH excluding ortho intramolecular Hbond substituents is 1. The molecule has 1 saturated heterocycles. The van der Waals surface area contributed by atoms with Crippen LogP contribution in [0.1, 0.15) is 31.2 Å². The summed E-state index contributed by atoms with van der Waals surface area (Å²) in [4.78, 5) is 12.0. The molecule has 0 unspecified atom stereocenters. The number of nitrogens with zero attached hydrogens (tertiary/aromatic N) is 1. The van der Waals surface area contributed by atoms with Gasteiger partial charge in [0, 0.05) is 22.3 Å². The standard InChI is InChI=1S/C19H23F4N3O4S2/c20-17-13-5-12(24-7-10-1-3-11(4-2-10)19(21,22)23)9-31-15(13)6-14(27)18(17)26-8-16(28)25-32(26,29)30/h6,10-12,24,27H,1-5,7-9H2,(H,25,28)/t10?,11?,12-/m0/s1. The molecule has 0 aromatic heterocycles. The first-order valence-electron chi connectivity index (χ1n) is 10.3. The minimum absolute atomic E-state index is 0.117. The number of rotatable bonds is 4. The third kappa shape index (κ3) is 4.65. The zero-order valence-corrected chi connectivity index (χ0v) is 18.5. The topological polar surface area (TPSA) is 98.7 Å². The molecule has 2 aliphatic heterocycles. The summed E-state index contributed by atoms with van der Waals surface area (Å²) in [5, 5.41) is 13.6. The number of alkyl halides is 3. The summed E-state index contributed by atoms with van der Waals surface area (Å²) < 4.78 is 80.3. The van der Waals surface area contributed by atoms with Gasteiger partial charge >= 0.3 is 16.4 Å². The van der Waals surface area contributed by atoms with Crippen LogP contribution in [0.3, 0.4) is 0 Å². The van der Waals surface area contributed by atoms with Crippen molar-refractivity contribution in [2.24, 2.45) is 11.8 Å². The number of amides is 1. The fourth-order valence-corrected chi connectivity index (χ4v) is 6.82. The number of carbonyl (C=O) groups is 1. The molecule has 32 heavy (non-hydrogen) atoms. The molecule has 1 aromatic rings. The Morgan fingerprint density at radius 2 is 1.94 bits per heavy atom. The van der Waals surface area contributed by atoms with E-state index in [0.717, 1.165) is 0 Å². The Hall–Kier alpha value is -1.73. The van der Waals surface area contributed by atoms with Crippen LogP contribution in [0.15, 0.2) is 11.0 Å². The molecule has 1 aliphatic carbocycles. The van der Waals surface area contributed by atoms with Crippen LogP contribution in [-0.2, 0) is 21.4 Å². The Kier molecular flexibility index (Phi) is 6.27. The summed E-state index contributed by atoms with van der Waals surface area (Å²) in [7, 11) is -4.28. The molecule has 1 saturated carbocycles. The molecule has 1 atom stereocenters. The van der Waals surface area contributed by atoms with E-state index in [1.807, 2.05) is 0 Å². The van der Waals surface area contributed by atoms with Gasteiger partial charge in [-0.05, 0) is 50.6 Å². The third-order valence-electron chi connectivity index (χ3n) is 6.25. The van der Waals surface area contributed by atoms with Crippen LogP contribution in [-0.4, -0.2) is 50.5 Å². The maximum Gasteiger partial charge on any atom is 0.391 e. The summed E-state index contributed by atoms with van der Waals surface area (Å²) in [6.45, 7) is -0.0996. The van der Waals surface area contributed by atoms with Gasteiger partial charge in [0.25, 0.3) is 5.91 Å². The number of aromatic hydroxyl groups is 1. The summed E-state index contributed by atoms with van der Waals surface area (Å²) >= 11 is 1.31. The Morgan fingerprint density at radius 1 is 1.25 bits per heavy atom. The van der Waals surface area contributed by atoms with Gasteiger partial charge in [-0.15, -0.1) is 11.8 Å². The lowest BCUT2D eigenvalue weighted by Crippen LogP contribution is -2.40. The zero-order chi connectivity index (χ0) is 23.3. The first-order valence-corrected chi connectivity index (χ1v) is 12.7. The molecule has 1 aromatic carbocycles. The molecule has 3 N–H and O–H groups in total. The fourth-order valence-electron chi connectivity index (χ4n) is 4.50. The zero-order valence-electron chi connectivity index (χ0n) is 16.9. The van der Waals surface area contributed by atoms with Crippen LogP contribution < -0.4 is 14.3 Å². The number of anilines is 1. The number of fused-ring (bicyclic) bond motifs is 1. The molecule has 0 bridgehead atoms. The number of carbonyl (C=O) groups excluding carboxylic acids is 1. The normalized spacial score (nSPS) is 27.8. The predicted octanol–water partition coefficient (Wildman–Crippen LogP) is 2.69. The predicted molar refractivity (Wildman–Crippen MR) is 110 cm³/mol. The number of nitrogens with one attached hydrogen (secondary N) is 2. The quantitative estimate of drug-likeness (QED) is 0.554. The monoisotopic (exact) mass is 497 g/mol. The van der Waals surface area contributed by atoms with E-state index in [2.05, 4.69) is 5.32 Å². The van der Waals surface area contributed by atoms with Crippen molar-refractivity contribution in [2.45, 2.75) is 49.2 Å². The van der Waals surface area contributed by atoms with Crippen LogP contribution in [0.2, 0.25) is 0 Å². The van der Waals surface area contributed by atoms with E-state index in [1.165, 1.54) is 17.8 Å². The Labute approximate surface area is 187 Å². The second-order valence-corrected chi connectivity index (χ2v) is 11.1. The van der Waals surface area contributed by atoms with E-state index in [0.29, 0.717) is 34.3 Å². The van der Waals surface area contributed by atoms with Gasteiger partial charge in [-0.3, -0.25) is 4.79 Å². The van der Waals surface area contributed by atoms with Crippen molar-refractivity contribution >= 4 is 33.6 Å². The fraction of sp³-hybridized carbons (Fsp3) is 0.632. The number of halogens is 4. The average molecular weight is 498 g/mol. The van der Waals surface area contributed by atoms with Crippen molar-refractivity contribution in [2.75, 3.05) is 23.1 Å². The van der Waals surface area contributed by atoms with Crippen molar-refractivity contribution in [1.82, 2.24) is 10.0 Å². The minimum Gasteiger partial charge on any atom is -0.506 e. The second-order valence-electron chi connectivity index (χ2n) is 8.45. The molecule has 13 heteroatoms. The van der Waals surface area contributed by atoms with Crippen molar-refractivity contribution in [1.29, 1.82) is 0 Å². The van der Waals surface area contributed by atoms with Crippen molar-refractivity contribution in [3.63, 3.8) is 0 Å². The van der Waals surface area contributed by atoms with Gasteiger partial charge in [0.1, 0.15) is 18.0 Å². The molecule has 2 heterocycles. The summed E-state index contributed by atoms with van der Waals surface area (Å²) in [6, 6.07) is 1.14. The third-order valence-corrected chi connectivity index (χ3v) is 8.87. The van der Waals surface area contributed by atoms with Gasteiger partial charge < -0.3 is 10.4 Å². The first kappa shape index (κ1) is 23.4. The molecule has 0 radical (unpaired) electrons. The van der Waals surface area contributed by atoms with Crippen LogP contribution in [0.4, 0.5) is 23.2 Å². The largest absolute Gasteiger partial charge is 0.506 e. The maximum absolute atomic E-state index is 15.3. The first-order chi connectivity index (χ1) is 15.0. The van der Waals surface area contributed by atoms with Crippen LogP contribution in [0.5, 0.6) is 5.75 Å². The molecule has 4 rings (SSSR count). The van der Waals surface area contributed by atoms with Gasteiger partial charge in [-0.25, -0.2) is 13.4 Å². The summed E-state index contributed by atoms with van der Waals surface area (Å²) in [6.07, 6.45) is -2.72. The highest BCUT2D eigenvalue weighted by Gasteiger charge is 2.42. The highest BCUT2D eigenvalue weighted by molar-refractivity contribution is 7.99. The Bertz CT molecular complexity index is 1010. The second kappa shape index (κ2) is 8.56. The van der Waals surface area contributed by atoms with E-state index in [4.69, 9.17) is 0 Å². The van der Waals surface area contributed by atoms with Crippen LogP contribution in [0, 0.1) is 17.7 Å². The highest BCUT2D eigenvalue weighted by Crippen LogP contribution is 2.43. The number of benzene rings is 1. The molecular formula is C19H23F4N3O4S2. The van der Waals surface area contributed by atoms with Gasteiger partial charge in [0.15, 0.2) is 5.82 Å². The van der Waals surface area contributed by atoms with E-state index in [1.54, 1.807) is 4.72 Å². The molecule has 7 nitrogen and oxygen atoms in total. The number of thioether (sulfide) groups is 1. The minimum atomic E-state index is -4.28. The molecule has 1 amide bonds. The van der Waals surface area contributed by atoms with Crippen molar-refractivity contribution < 1.29 is 35.9 Å². The van der Waals surface area contributed by atoms with Gasteiger partial charge in [0.2, 0.25) is 0 Å². The number of hydrogen-bond acceptors (Lipinski definition) is 6. The molecule has 3 aliphatic rings. The molecule has 0 spiro atoms. The summed E-state index contributed by atoms with van der Waals surface area (Å²) in [5.41, 5.74) is -0.323. The number of phenols is 1. The molecule has 178 valence electrons. The smallest absolute Gasteiger partial charge is 0.391 e. The molecular weight excluding hydrogens is 474 g/mol. The van der Waals surface area contributed by atoms with E-state index >= 15 is 4.39 Å². The van der Waals surface area contributed by atoms with Gasteiger partial charge in [-0.1, -0.05) is 0 Å². The van der Waals surface area contributed by atoms with Crippen molar-refractivity contribution in [3.05, 3.63) is 17.4 Å². The van der Waals surface area contributed by atoms with E-state index in [9.17, 15) is 31.5 Å². The highest BCUT2D eigenvalue weighted by atomic mass is 32.2. The van der Waals surface area contributed by atoms with Crippen LogP contribution in [0.25, 0.3) is 0 Å². The lowest BCUT2D eigenvalue weighted by molar-refractivity contribution is -0.183. The Morgan fingerprint density at radius 3 is 2.53 bits per heavy atom. The number of hydrogen-bond donors (Lipinski definition) is 3. The SMILES string of the molecule is O=C1CN(c2c(O)cc3c(c2F)C[C@H](NCC2CCC(C(F)(F)F)CC2)CS3)S(=O)(=O)N1. The maximum atomic E-state index is 15.3. The molecule has 2 fully saturated rings. The van der Waals surface area contributed by atoms with Gasteiger partial charge in [-0.2, -0.15) is 21.6 Å². The van der Waals surface area contributed by atoms with Gasteiger partial charge in [0.05, 0.1) is 5.92 Å². The van der Waals surface area contributed by atoms with Crippen molar-refractivity contribution in [3.8, 4) is 5.75 Å². The van der Waals surface area contributed by atoms with Crippen LogP contribution >= 0.6 is 11.8 Å². The van der Waals surface area contributed by atoms with E-state index in [-0.39, 0.29) is 36.8 Å².